The molecule has 0 radical (unpaired) electrons. The summed E-state index contributed by atoms with van der Waals surface area (Å²) in [5.41, 5.74) is 7.68. The lowest BCUT2D eigenvalue weighted by Crippen LogP contribution is -2.36. The van der Waals surface area contributed by atoms with Gasteiger partial charge in [0.05, 0.1) is 0 Å². The number of allylic oxidation sites excluding steroid dienone is 2. The molecule has 2 aliphatic carbocycles. The molecule has 3 rings (SSSR count). The maximum Gasteiger partial charge on any atom is 0.191 e. The molecule has 2 N–H and O–H groups in total. The summed E-state index contributed by atoms with van der Waals surface area (Å²) in [4.78, 5) is 0. The number of rotatable bonds is 2. The molecule has 0 saturated heterocycles. The first-order valence-corrected chi connectivity index (χ1v) is 7.41. The van der Waals surface area contributed by atoms with Crippen LogP contribution in [0.3, 0.4) is 0 Å². The first-order valence-electron chi connectivity index (χ1n) is 7.01. The van der Waals surface area contributed by atoms with Crippen molar-refractivity contribution in [1.29, 1.82) is 0 Å². The summed E-state index contributed by atoms with van der Waals surface area (Å²) in [6.45, 7) is 4.16. The number of benzene rings is 1. The van der Waals surface area contributed by atoms with E-state index in [0.29, 0.717) is 11.0 Å². The molecule has 2 aliphatic rings. The van der Waals surface area contributed by atoms with Gasteiger partial charge in [-0.1, -0.05) is 29.8 Å². The molecule has 1 saturated carbocycles. The van der Waals surface area contributed by atoms with Gasteiger partial charge >= 0.3 is 0 Å². The fourth-order valence-electron chi connectivity index (χ4n) is 2.89. The Balaban J connectivity index is 1.56. The Bertz CT molecular complexity index is 604. The van der Waals surface area contributed by atoms with E-state index in [9.17, 15) is 0 Å². The van der Waals surface area contributed by atoms with Crippen molar-refractivity contribution in [2.24, 2.45) is 16.9 Å². The first kappa shape index (κ1) is 13.3. The number of nitrogens with one attached hydrogen (secondary N) is 2. The van der Waals surface area contributed by atoms with Crippen LogP contribution in [0.25, 0.3) is 0 Å². The second kappa shape index (κ2) is 5.37. The van der Waals surface area contributed by atoms with Crippen LogP contribution < -0.4 is 10.7 Å². The van der Waals surface area contributed by atoms with Gasteiger partial charge in [-0.15, -0.1) is 0 Å². The molecule has 0 unspecified atom stereocenters. The standard InChI is InChI=1S/C16H19N3S/c1-10-6-7-14(11(2)8-10)17-16(20)19-18-15-9-12-4-3-5-13(12)15/h3-4,6-8,12-13H,5,9H2,1-2H3,(H2,17,19,20)/b18-15-/t12-,13+/m1/s1. The molecule has 20 heavy (non-hydrogen) atoms. The number of fused-ring (bicyclic) bond motifs is 1. The van der Waals surface area contributed by atoms with Gasteiger partial charge < -0.3 is 5.32 Å². The van der Waals surface area contributed by atoms with Crippen LogP contribution >= 0.6 is 12.2 Å². The van der Waals surface area contributed by atoms with Gasteiger partial charge in [0.25, 0.3) is 0 Å². The summed E-state index contributed by atoms with van der Waals surface area (Å²) in [6.07, 6.45) is 6.75. The van der Waals surface area contributed by atoms with E-state index in [4.69, 9.17) is 12.2 Å². The summed E-state index contributed by atoms with van der Waals surface area (Å²) < 4.78 is 0. The number of aryl methyl sites for hydroxylation is 2. The molecule has 1 aromatic carbocycles. The predicted octanol–water partition coefficient (Wildman–Crippen LogP) is 3.54. The third kappa shape index (κ3) is 2.61. The molecule has 0 amide bonds. The predicted molar refractivity (Wildman–Crippen MR) is 88.1 cm³/mol. The molecule has 104 valence electrons. The number of anilines is 1. The van der Waals surface area contributed by atoms with Crippen LogP contribution in [-0.2, 0) is 0 Å². The Morgan fingerprint density at radius 1 is 1.35 bits per heavy atom. The van der Waals surface area contributed by atoms with Gasteiger partial charge in [-0.25, -0.2) is 0 Å². The first-order chi connectivity index (χ1) is 9.63. The van der Waals surface area contributed by atoms with Crippen molar-refractivity contribution in [1.82, 2.24) is 5.43 Å². The monoisotopic (exact) mass is 285 g/mol. The number of hydrogen-bond donors (Lipinski definition) is 2. The van der Waals surface area contributed by atoms with Crippen LogP contribution in [0.4, 0.5) is 5.69 Å². The molecule has 0 heterocycles. The van der Waals surface area contributed by atoms with Crippen molar-refractivity contribution in [3.8, 4) is 0 Å². The van der Waals surface area contributed by atoms with E-state index >= 15 is 0 Å². The number of nitrogens with zero attached hydrogens (tertiary/aromatic N) is 1. The zero-order valence-electron chi connectivity index (χ0n) is 11.8. The summed E-state index contributed by atoms with van der Waals surface area (Å²) in [5, 5.41) is 8.19. The third-order valence-electron chi connectivity index (χ3n) is 4.09. The molecule has 1 fully saturated rings. The SMILES string of the molecule is Cc1ccc(NC(=S)N/N=C2/C[C@H]3C=CC[C@H]23)c(C)c1. The largest absolute Gasteiger partial charge is 0.331 e. The Kier molecular flexibility index (Phi) is 3.57. The zero-order chi connectivity index (χ0) is 14.1. The fraction of sp³-hybridized carbons (Fsp3) is 0.375. The fourth-order valence-corrected chi connectivity index (χ4v) is 3.05. The van der Waals surface area contributed by atoms with E-state index < -0.39 is 0 Å². The van der Waals surface area contributed by atoms with Gasteiger partial charge in [-0.2, -0.15) is 5.10 Å². The number of hydrogen-bond acceptors (Lipinski definition) is 2. The van der Waals surface area contributed by atoms with Gasteiger partial charge in [0.2, 0.25) is 0 Å². The highest BCUT2D eigenvalue weighted by atomic mass is 32.1. The van der Waals surface area contributed by atoms with E-state index in [1.54, 1.807) is 0 Å². The van der Waals surface area contributed by atoms with Crippen molar-refractivity contribution >= 4 is 28.7 Å². The highest BCUT2D eigenvalue weighted by Crippen LogP contribution is 2.40. The number of hydrazone groups is 1. The average Bonchev–Trinajstić information content (AvgIpc) is 2.75. The van der Waals surface area contributed by atoms with Gasteiger partial charge in [-0.3, -0.25) is 5.43 Å². The van der Waals surface area contributed by atoms with E-state index in [1.807, 2.05) is 6.07 Å². The summed E-state index contributed by atoms with van der Waals surface area (Å²) >= 11 is 5.29. The molecule has 1 aromatic rings. The number of thiocarbonyl (C=S) groups is 1. The third-order valence-corrected chi connectivity index (χ3v) is 4.29. The minimum absolute atomic E-state index is 0.554. The minimum atomic E-state index is 0.554. The topological polar surface area (TPSA) is 36.4 Å². The molecule has 4 heteroatoms. The van der Waals surface area contributed by atoms with Crippen molar-refractivity contribution in [2.45, 2.75) is 26.7 Å². The van der Waals surface area contributed by atoms with Crippen molar-refractivity contribution in [2.75, 3.05) is 5.32 Å². The van der Waals surface area contributed by atoms with Gasteiger partial charge in [0, 0.05) is 17.3 Å². The lowest BCUT2D eigenvalue weighted by Gasteiger charge is -2.31. The van der Waals surface area contributed by atoms with E-state index in [-0.39, 0.29) is 0 Å². The average molecular weight is 285 g/mol. The van der Waals surface area contributed by atoms with Crippen LogP contribution in [0.1, 0.15) is 24.0 Å². The zero-order valence-corrected chi connectivity index (χ0v) is 12.6. The van der Waals surface area contributed by atoms with E-state index in [0.717, 1.165) is 24.4 Å². The summed E-state index contributed by atoms with van der Waals surface area (Å²) in [6, 6.07) is 6.26. The van der Waals surface area contributed by atoms with Crippen LogP contribution in [-0.4, -0.2) is 10.8 Å². The van der Waals surface area contributed by atoms with Crippen molar-refractivity contribution < 1.29 is 0 Å². The minimum Gasteiger partial charge on any atom is -0.331 e. The molecule has 3 nitrogen and oxygen atoms in total. The van der Waals surface area contributed by atoms with E-state index in [1.165, 1.54) is 16.8 Å². The normalized spacial score (nSPS) is 25.2. The molecular formula is C16H19N3S. The Labute approximate surface area is 125 Å². The maximum absolute atomic E-state index is 5.29. The second-order valence-electron chi connectivity index (χ2n) is 5.63. The van der Waals surface area contributed by atoms with Crippen molar-refractivity contribution in [3.05, 3.63) is 41.5 Å². The van der Waals surface area contributed by atoms with Crippen LogP contribution in [0.15, 0.2) is 35.5 Å². The van der Waals surface area contributed by atoms with Crippen LogP contribution in [0.2, 0.25) is 0 Å². The summed E-state index contributed by atoms with van der Waals surface area (Å²) in [7, 11) is 0. The highest BCUT2D eigenvalue weighted by molar-refractivity contribution is 7.80. The molecule has 2 atom stereocenters. The Morgan fingerprint density at radius 3 is 2.95 bits per heavy atom. The molecular weight excluding hydrogens is 266 g/mol. The summed E-state index contributed by atoms with van der Waals surface area (Å²) in [5.74, 6) is 1.34. The smallest absolute Gasteiger partial charge is 0.191 e. The quantitative estimate of drug-likeness (QED) is 0.496. The molecule has 0 aliphatic heterocycles. The van der Waals surface area contributed by atoms with Gasteiger partial charge in [0.1, 0.15) is 0 Å². The molecule has 0 spiro atoms. The van der Waals surface area contributed by atoms with Gasteiger partial charge in [-0.05, 0) is 56.5 Å². The van der Waals surface area contributed by atoms with Crippen LogP contribution in [0, 0.1) is 25.7 Å². The second-order valence-corrected chi connectivity index (χ2v) is 6.03. The Morgan fingerprint density at radius 2 is 2.20 bits per heavy atom. The van der Waals surface area contributed by atoms with Crippen molar-refractivity contribution in [3.63, 3.8) is 0 Å². The Hall–Kier alpha value is -1.68. The van der Waals surface area contributed by atoms with Crippen LogP contribution in [0.5, 0.6) is 0 Å². The molecule has 0 aromatic heterocycles. The van der Waals surface area contributed by atoms with E-state index in [2.05, 4.69) is 54.0 Å². The highest BCUT2D eigenvalue weighted by Gasteiger charge is 2.37. The van der Waals surface area contributed by atoms with Gasteiger partial charge in [0.15, 0.2) is 5.11 Å². The maximum atomic E-state index is 5.29. The lowest BCUT2D eigenvalue weighted by atomic mass is 9.74. The lowest BCUT2D eigenvalue weighted by molar-refractivity contribution is 0.463. The molecule has 0 bridgehead atoms.